The van der Waals surface area contributed by atoms with Crippen LogP contribution < -0.4 is 4.90 Å². The molecule has 0 bridgehead atoms. The number of aromatic nitrogens is 2. The van der Waals surface area contributed by atoms with Gasteiger partial charge in [-0.15, -0.1) is 11.6 Å². The number of alkyl halides is 1. The number of rotatable bonds is 4. The molecule has 1 fully saturated rings. The van der Waals surface area contributed by atoms with Crippen molar-refractivity contribution in [1.29, 1.82) is 0 Å². The van der Waals surface area contributed by atoms with Gasteiger partial charge in [-0.3, -0.25) is 0 Å². The third kappa shape index (κ3) is 3.09. The number of anilines is 1. The van der Waals surface area contributed by atoms with Crippen molar-refractivity contribution in [2.75, 3.05) is 17.3 Å². The predicted molar refractivity (Wildman–Crippen MR) is 71.7 cm³/mol. The number of hydrogen-bond acceptors (Lipinski definition) is 3. The first-order valence-corrected chi connectivity index (χ1v) is 7.02. The van der Waals surface area contributed by atoms with Gasteiger partial charge in [0.15, 0.2) is 0 Å². The Balaban J connectivity index is 2.16. The molecule has 17 heavy (non-hydrogen) atoms. The molecule has 1 aromatic heterocycles. The van der Waals surface area contributed by atoms with Gasteiger partial charge < -0.3 is 4.90 Å². The number of nitrogens with zero attached hydrogens (tertiary/aromatic N) is 3. The summed E-state index contributed by atoms with van der Waals surface area (Å²) < 4.78 is 0. The van der Waals surface area contributed by atoms with Crippen LogP contribution in [0.1, 0.15) is 38.3 Å². The average Bonchev–Trinajstić information content (AvgIpc) is 2.40. The van der Waals surface area contributed by atoms with E-state index < -0.39 is 0 Å². The Morgan fingerprint density at radius 3 is 3.06 bits per heavy atom. The lowest BCUT2D eigenvalue weighted by Crippen LogP contribution is -2.40. The molecule has 0 saturated carbocycles. The maximum Gasteiger partial charge on any atom is 0.132 e. The Bertz CT molecular complexity index is 354. The fourth-order valence-electron chi connectivity index (χ4n) is 2.46. The molecular weight excluding hydrogens is 234 g/mol. The van der Waals surface area contributed by atoms with Crippen molar-refractivity contribution < 1.29 is 0 Å². The first-order valence-electron chi connectivity index (χ1n) is 6.48. The standard InChI is InChI=1S/C13H20ClN3/c1-2-11-9-13(16-10-15-11)17-8-4-3-5-12(17)6-7-14/h9-10,12H,2-8H2,1H3. The lowest BCUT2D eigenvalue weighted by Gasteiger charge is -2.36. The lowest BCUT2D eigenvalue weighted by atomic mass is 10.00. The van der Waals surface area contributed by atoms with Crippen molar-refractivity contribution >= 4 is 17.4 Å². The minimum atomic E-state index is 0.556. The molecule has 0 N–H and O–H groups in total. The van der Waals surface area contributed by atoms with Crippen LogP contribution in [-0.4, -0.2) is 28.4 Å². The third-order valence-corrected chi connectivity index (χ3v) is 3.65. The zero-order valence-corrected chi connectivity index (χ0v) is 11.2. The molecule has 1 unspecified atom stereocenters. The van der Waals surface area contributed by atoms with Crippen LogP contribution in [0, 0.1) is 0 Å². The summed E-state index contributed by atoms with van der Waals surface area (Å²) in [5.41, 5.74) is 1.12. The van der Waals surface area contributed by atoms with Gasteiger partial charge >= 0.3 is 0 Å². The summed E-state index contributed by atoms with van der Waals surface area (Å²) in [6.07, 6.45) is 7.49. The Morgan fingerprint density at radius 2 is 2.29 bits per heavy atom. The summed E-state index contributed by atoms with van der Waals surface area (Å²) in [7, 11) is 0. The molecule has 4 heteroatoms. The monoisotopic (exact) mass is 253 g/mol. The van der Waals surface area contributed by atoms with Gasteiger partial charge in [-0.2, -0.15) is 0 Å². The number of halogens is 1. The van der Waals surface area contributed by atoms with Crippen LogP contribution in [0.2, 0.25) is 0 Å². The van der Waals surface area contributed by atoms with Gasteiger partial charge in [-0.05, 0) is 32.1 Å². The van der Waals surface area contributed by atoms with E-state index in [9.17, 15) is 0 Å². The van der Waals surface area contributed by atoms with E-state index in [1.165, 1.54) is 19.3 Å². The van der Waals surface area contributed by atoms with Gasteiger partial charge in [-0.25, -0.2) is 9.97 Å². The Labute approximate surface area is 108 Å². The highest BCUT2D eigenvalue weighted by Gasteiger charge is 2.23. The second-order valence-electron chi connectivity index (χ2n) is 4.54. The van der Waals surface area contributed by atoms with E-state index in [1.54, 1.807) is 6.33 Å². The molecule has 0 spiro atoms. The molecule has 0 radical (unpaired) electrons. The quantitative estimate of drug-likeness (QED) is 0.773. The lowest BCUT2D eigenvalue weighted by molar-refractivity contribution is 0.448. The van der Waals surface area contributed by atoms with Crippen LogP contribution in [0.15, 0.2) is 12.4 Å². The second-order valence-corrected chi connectivity index (χ2v) is 4.92. The smallest absolute Gasteiger partial charge is 0.132 e. The highest BCUT2D eigenvalue weighted by molar-refractivity contribution is 6.17. The zero-order chi connectivity index (χ0) is 12.1. The van der Waals surface area contributed by atoms with Crippen LogP contribution in [0.4, 0.5) is 5.82 Å². The molecule has 3 nitrogen and oxygen atoms in total. The summed E-state index contributed by atoms with van der Waals surface area (Å²) in [4.78, 5) is 11.1. The fraction of sp³-hybridized carbons (Fsp3) is 0.692. The van der Waals surface area contributed by atoms with Gasteiger partial charge in [0, 0.05) is 30.2 Å². The first-order chi connectivity index (χ1) is 8.35. The largest absolute Gasteiger partial charge is 0.353 e. The number of piperidine rings is 1. The van der Waals surface area contributed by atoms with Crippen LogP contribution in [0.3, 0.4) is 0 Å². The highest BCUT2D eigenvalue weighted by atomic mass is 35.5. The average molecular weight is 254 g/mol. The number of hydrogen-bond donors (Lipinski definition) is 0. The predicted octanol–water partition coefficient (Wildman–Crippen LogP) is 3.03. The molecule has 1 saturated heterocycles. The van der Waals surface area contributed by atoms with Crippen molar-refractivity contribution in [1.82, 2.24) is 9.97 Å². The summed E-state index contributed by atoms with van der Waals surface area (Å²) in [5.74, 6) is 1.80. The van der Waals surface area contributed by atoms with Crippen LogP contribution in [0.5, 0.6) is 0 Å². The van der Waals surface area contributed by atoms with E-state index in [-0.39, 0.29) is 0 Å². The Hall–Kier alpha value is -0.830. The molecular formula is C13H20ClN3. The zero-order valence-electron chi connectivity index (χ0n) is 10.4. The normalized spacial score (nSPS) is 20.6. The van der Waals surface area contributed by atoms with E-state index in [1.807, 2.05) is 0 Å². The van der Waals surface area contributed by atoms with Crippen LogP contribution in [-0.2, 0) is 6.42 Å². The van der Waals surface area contributed by atoms with E-state index in [0.29, 0.717) is 6.04 Å². The summed E-state index contributed by atoms with van der Waals surface area (Å²) >= 11 is 5.89. The van der Waals surface area contributed by atoms with Crippen molar-refractivity contribution in [2.24, 2.45) is 0 Å². The van der Waals surface area contributed by atoms with Gasteiger partial charge in [0.1, 0.15) is 12.1 Å². The maximum atomic E-state index is 5.89. The summed E-state index contributed by atoms with van der Waals surface area (Å²) in [6.45, 7) is 3.22. The second kappa shape index (κ2) is 6.20. The summed E-state index contributed by atoms with van der Waals surface area (Å²) in [6, 6.07) is 2.67. The Kier molecular flexibility index (Phi) is 4.60. The van der Waals surface area contributed by atoms with Crippen molar-refractivity contribution in [3.63, 3.8) is 0 Å². The minimum Gasteiger partial charge on any atom is -0.353 e. The summed E-state index contributed by atoms with van der Waals surface area (Å²) in [5, 5.41) is 0. The van der Waals surface area contributed by atoms with Gasteiger partial charge in [0.2, 0.25) is 0 Å². The van der Waals surface area contributed by atoms with Gasteiger partial charge in [0.25, 0.3) is 0 Å². The maximum absolute atomic E-state index is 5.89. The fourth-order valence-corrected chi connectivity index (χ4v) is 2.72. The SMILES string of the molecule is CCc1cc(N2CCCCC2CCCl)ncn1. The minimum absolute atomic E-state index is 0.556. The third-order valence-electron chi connectivity index (χ3n) is 3.44. The van der Waals surface area contributed by atoms with Crippen molar-refractivity contribution in [3.8, 4) is 0 Å². The topological polar surface area (TPSA) is 29.0 Å². The molecule has 94 valence electrons. The molecule has 2 rings (SSSR count). The highest BCUT2D eigenvalue weighted by Crippen LogP contribution is 2.25. The van der Waals surface area contributed by atoms with Crippen molar-refractivity contribution in [2.45, 2.75) is 45.1 Å². The van der Waals surface area contributed by atoms with Crippen LogP contribution in [0.25, 0.3) is 0 Å². The number of aryl methyl sites for hydroxylation is 1. The van der Waals surface area contributed by atoms with Gasteiger partial charge in [0.05, 0.1) is 0 Å². The molecule has 1 atom stereocenters. The first kappa shape index (κ1) is 12.6. The molecule has 1 aliphatic rings. The van der Waals surface area contributed by atoms with E-state index >= 15 is 0 Å². The van der Waals surface area contributed by atoms with Crippen LogP contribution >= 0.6 is 11.6 Å². The van der Waals surface area contributed by atoms with E-state index in [2.05, 4.69) is 27.9 Å². The van der Waals surface area contributed by atoms with Gasteiger partial charge in [-0.1, -0.05) is 6.92 Å². The van der Waals surface area contributed by atoms with Crippen molar-refractivity contribution in [3.05, 3.63) is 18.1 Å². The molecule has 2 heterocycles. The molecule has 0 aromatic carbocycles. The molecule has 1 aromatic rings. The van der Waals surface area contributed by atoms with E-state index in [0.717, 1.165) is 36.8 Å². The molecule has 1 aliphatic heterocycles. The van der Waals surface area contributed by atoms with E-state index in [4.69, 9.17) is 11.6 Å². The molecule has 0 aliphatic carbocycles. The molecule has 0 amide bonds. The Morgan fingerprint density at radius 1 is 1.41 bits per heavy atom.